The van der Waals surface area contributed by atoms with E-state index in [4.69, 9.17) is 10.5 Å². The molecule has 126 valence electrons. The number of methoxy groups -OCH3 is 1. The molecule has 3 unspecified atom stereocenters. The summed E-state index contributed by atoms with van der Waals surface area (Å²) in [5.74, 6) is -0.850. The Labute approximate surface area is 137 Å². The Balaban J connectivity index is 2.08. The number of carbonyl (C=O) groups excluding carboxylic acids is 2. The Morgan fingerprint density at radius 2 is 2.04 bits per heavy atom. The van der Waals surface area contributed by atoms with E-state index in [2.05, 4.69) is 5.32 Å². The summed E-state index contributed by atoms with van der Waals surface area (Å²) >= 11 is 0. The van der Waals surface area contributed by atoms with Gasteiger partial charge in [0.15, 0.2) is 0 Å². The molecule has 5 nitrogen and oxygen atoms in total. The molecule has 5 heteroatoms. The first kappa shape index (κ1) is 17.5. The fourth-order valence-corrected chi connectivity index (χ4v) is 3.25. The minimum absolute atomic E-state index is 0.152. The average molecular weight is 318 g/mol. The molecule has 23 heavy (non-hydrogen) atoms. The van der Waals surface area contributed by atoms with Crippen molar-refractivity contribution in [3.8, 4) is 0 Å². The normalized spacial score (nSPS) is 25.4. The van der Waals surface area contributed by atoms with Gasteiger partial charge in [0.2, 0.25) is 5.91 Å². The molecular formula is C18H26N2O3. The summed E-state index contributed by atoms with van der Waals surface area (Å²) in [6.07, 6.45) is 4.03. The first-order chi connectivity index (χ1) is 10.9. The highest BCUT2D eigenvalue weighted by Crippen LogP contribution is 2.31. The summed E-state index contributed by atoms with van der Waals surface area (Å²) in [5, 5.41) is 2.85. The fourth-order valence-electron chi connectivity index (χ4n) is 3.25. The highest BCUT2D eigenvalue weighted by atomic mass is 16.5. The van der Waals surface area contributed by atoms with Crippen molar-refractivity contribution in [1.29, 1.82) is 0 Å². The van der Waals surface area contributed by atoms with Crippen molar-refractivity contribution in [1.82, 2.24) is 5.32 Å². The zero-order valence-corrected chi connectivity index (χ0v) is 13.9. The van der Waals surface area contributed by atoms with E-state index in [9.17, 15) is 9.59 Å². The molecule has 0 heterocycles. The second kappa shape index (κ2) is 7.59. The molecule has 0 radical (unpaired) electrons. The third kappa shape index (κ3) is 4.55. The summed E-state index contributed by atoms with van der Waals surface area (Å²) in [6, 6.07) is 8.89. The zero-order chi connectivity index (χ0) is 16.9. The summed E-state index contributed by atoms with van der Waals surface area (Å²) in [5.41, 5.74) is 6.74. The van der Waals surface area contributed by atoms with Gasteiger partial charge >= 0.3 is 5.97 Å². The lowest BCUT2D eigenvalue weighted by molar-refractivity contribution is -0.146. The van der Waals surface area contributed by atoms with Crippen LogP contribution in [0, 0.1) is 5.92 Å². The quantitative estimate of drug-likeness (QED) is 0.811. The predicted octanol–water partition coefficient (Wildman–Crippen LogP) is 1.79. The summed E-state index contributed by atoms with van der Waals surface area (Å²) in [4.78, 5) is 24.7. The van der Waals surface area contributed by atoms with Crippen LogP contribution in [0.5, 0.6) is 0 Å². The van der Waals surface area contributed by atoms with E-state index in [1.54, 1.807) is 0 Å². The lowest BCUT2D eigenvalue weighted by Gasteiger charge is -2.37. The van der Waals surface area contributed by atoms with Crippen molar-refractivity contribution in [2.45, 2.75) is 50.6 Å². The van der Waals surface area contributed by atoms with E-state index < -0.39 is 17.6 Å². The molecule has 1 fully saturated rings. The SMILES string of the molecule is COC(=O)C(Cc1ccccc1)NC(=O)C1CCCCC1(C)N. The Kier molecular flexibility index (Phi) is 5.77. The maximum Gasteiger partial charge on any atom is 0.328 e. The number of hydrogen-bond acceptors (Lipinski definition) is 4. The lowest BCUT2D eigenvalue weighted by Crippen LogP contribution is -2.55. The largest absolute Gasteiger partial charge is 0.467 e. The van der Waals surface area contributed by atoms with Crippen LogP contribution in [0.15, 0.2) is 30.3 Å². The molecule has 1 aliphatic rings. The van der Waals surface area contributed by atoms with Gasteiger partial charge in [-0.15, -0.1) is 0 Å². The average Bonchev–Trinajstić information content (AvgIpc) is 2.54. The van der Waals surface area contributed by atoms with Crippen molar-refractivity contribution in [2.75, 3.05) is 7.11 Å². The minimum Gasteiger partial charge on any atom is -0.467 e. The van der Waals surface area contributed by atoms with Gasteiger partial charge in [-0.1, -0.05) is 43.2 Å². The lowest BCUT2D eigenvalue weighted by atomic mass is 9.74. The molecule has 3 N–H and O–H groups in total. The van der Waals surface area contributed by atoms with Gasteiger partial charge in [0.25, 0.3) is 0 Å². The standard InChI is InChI=1S/C18H26N2O3/c1-18(19)11-7-6-10-14(18)16(21)20-15(17(22)23-2)12-13-8-4-3-5-9-13/h3-5,8-9,14-15H,6-7,10-12,19H2,1-2H3,(H,20,21). The number of rotatable bonds is 5. The van der Waals surface area contributed by atoms with Crippen LogP contribution in [0.4, 0.5) is 0 Å². The van der Waals surface area contributed by atoms with E-state index >= 15 is 0 Å². The Bertz CT molecular complexity index is 542. The van der Waals surface area contributed by atoms with Crippen molar-refractivity contribution in [3.63, 3.8) is 0 Å². The number of esters is 1. The van der Waals surface area contributed by atoms with Crippen LogP contribution in [-0.4, -0.2) is 30.6 Å². The molecule has 1 aromatic carbocycles. The number of hydrogen-bond donors (Lipinski definition) is 2. The number of amides is 1. The van der Waals surface area contributed by atoms with E-state index in [1.807, 2.05) is 37.3 Å². The van der Waals surface area contributed by atoms with Crippen LogP contribution in [0.2, 0.25) is 0 Å². The molecule has 0 bridgehead atoms. The van der Waals surface area contributed by atoms with Crippen LogP contribution < -0.4 is 11.1 Å². The smallest absolute Gasteiger partial charge is 0.328 e. The highest BCUT2D eigenvalue weighted by molar-refractivity contribution is 5.86. The summed E-state index contributed by atoms with van der Waals surface area (Å²) in [6.45, 7) is 1.92. The number of nitrogens with two attached hydrogens (primary N) is 1. The minimum atomic E-state index is -0.687. The number of nitrogens with one attached hydrogen (secondary N) is 1. The molecule has 1 aromatic rings. The second-order valence-electron chi connectivity index (χ2n) is 6.58. The maximum absolute atomic E-state index is 12.6. The van der Waals surface area contributed by atoms with Gasteiger partial charge in [-0.25, -0.2) is 4.79 Å². The third-order valence-corrected chi connectivity index (χ3v) is 4.66. The Morgan fingerprint density at radius 1 is 1.35 bits per heavy atom. The first-order valence-electron chi connectivity index (χ1n) is 8.15. The van der Waals surface area contributed by atoms with Crippen LogP contribution in [0.25, 0.3) is 0 Å². The molecule has 0 spiro atoms. The van der Waals surface area contributed by atoms with Gasteiger partial charge < -0.3 is 15.8 Å². The number of ether oxygens (including phenoxy) is 1. The molecule has 0 aromatic heterocycles. The molecule has 2 rings (SSSR count). The summed E-state index contributed by atoms with van der Waals surface area (Å²) in [7, 11) is 1.33. The van der Waals surface area contributed by atoms with Gasteiger partial charge in [0.05, 0.1) is 13.0 Å². The molecule has 1 amide bonds. The van der Waals surface area contributed by atoms with E-state index in [0.29, 0.717) is 6.42 Å². The Morgan fingerprint density at radius 3 is 2.65 bits per heavy atom. The molecule has 0 saturated heterocycles. The van der Waals surface area contributed by atoms with Crippen molar-refractivity contribution < 1.29 is 14.3 Å². The molecule has 1 saturated carbocycles. The predicted molar refractivity (Wildman–Crippen MR) is 88.6 cm³/mol. The first-order valence-corrected chi connectivity index (χ1v) is 8.15. The third-order valence-electron chi connectivity index (χ3n) is 4.66. The van der Waals surface area contributed by atoms with Crippen LogP contribution >= 0.6 is 0 Å². The molecule has 0 aliphatic heterocycles. The monoisotopic (exact) mass is 318 g/mol. The summed E-state index contributed by atoms with van der Waals surface area (Å²) < 4.78 is 4.84. The van der Waals surface area contributed by atoms with Gasteiger partial charge in [0, 0.05) is 12.0 Å². The Hall–Kier alpha value is -1.88. The number of carbonyl (C=O) groups is 2. The van der Waals surface area contributed by atoms with E-state index in [-0.39, 0.29) is 11.8 Å². The van der Waals surface area contributed by atoms with Crippen LogP contribution in [0.1, 0.15) is 38.2 Å². The van der Waals surface area contributed by atoms with Gasteiger partial charge in [-0.3, -0.25) is 4.79 Å². The van der Waals surface area contributed by atoms with E-state index in [0.717, 1.165) is 31.2 Å². The van der Waals surface area contributed by atoms with Crippen molar-refractivity contribution >= 4 is 11.9 Å². The maximum atomic E-state index is 12.6. The zero-order valence-electron chi connectivity index (χ0n) is 13.9. The van der Waals surface area contributed by atoms with Crippen molar-refractivity contribution in [3.05, 3.63) is 35.9 Å². The van der Waals surface area contributed by atoms with Gasteiger partial charge in [-0.2, -0.15) is 0 Å². The highest BCUT2D eigenvalue weighted by Gasteiger charge is 2.39. The van der Waals surface area contributed by atoms with Gasteiger partial charge in [-0.05, 0) is 25.3 Å². The molecule has 3 atom stereocenters. The van der Waals surface area contributed by atoms with Crippen LogP contribution in [-0.2, 0) is 20.7 Å². The van der Waals surface area contributed by atoms with Gasteiger partial charge in [0.1, 0.15) is 6.04 Å². The second-order valence-corrected chi connectivity index (χ2v) is 6.58. The molecule has 1 aliphatic carbocycles. The fraction of sp³-hybridized carbons (Fsp3) is 0.556. The number of benzene rings is 1. The van der Waals surface area contributed by atoms with Crippen LogP contribution in [0.3, 0.4) is 0 Å². The topological polar surface area (TPSA) is 81.4 Å². The van der Waals surface area contributed by atoms with E-state index in [1.165, 1.54) is 7.11 Å². The van der Waals surface area contributed by atoms with Crippen molar-refractivity contribution in [2.24, 2.45) is 11.7 Å². The molecular weight excluding hydrogens is 292 g/mol.